The third-order valence-electron chi connectivity index (χ3n) is 4.52. The monoisotopic (exact) mass is 288 g/mol. The summed E-state index contributed by atoms with van der Waals surface area (Å²) in [6.45, 7) is 4.72. The molecule has 0 unspecified atom stereocenters. The first-order chi connectivity index (χ1) is 9.85. The van der Waals surface area contributed by atoms with Gasteiger partial charge in [0.1, 0.15) is 0 Å². The van der Waals surface area contributed by atoms with Crippen molar-refractivity contribution in [1.82, 2.24) is 4.90 Å². The average molecular weight is 288 g/mol. The van der Waals surface area contributed by atoms with Crippen LogP contribution >= 0.6 is 0 Å². The van der Waals surface area contributed by atoms with Gasteiger partial charge in [0.2, 0.25) is 5.91 Å². The van der Waals surface area contributed by atoms with Gasteiger partial charge in [-0.1, -0.05) is 26.0 Å². The molecule has 1 aliphatic carbocycles. The zero-order valence-electron chi connectivity index (χ0n) is 13.8. The minimum atomic E-state index is 0.144. The van der Waals surface area contributed by atoms with Crippen molar-refractivity contribution >= 4 is 11.6 Å². The topological polar surface area (TPSA) is 32.3 Å². The number of hydrogen-bond donors (Lipinski definition) is 1. The Kier molecular flexibility index (Phi) is 4.92. The fourth-order valence-electron chi connectivity index (χ4n) is 2.83. The molecule has 0 aliphatic heterocycles. The molecule has 1 N–H and O–H groups in total. The second-order valence-corrected chi connectivity index (χ2v) is 7.24. The highest BCUT2D eigenvalue weighted by Crippen LogP contribution is 2.36. The van der Waals surface area contributed by atoms with Crippen molar-refractivity contribution in [2.75, 3.05) is 19.4 Å². The second kappa shape index (κ2) is 6.50. The van der Waals surface area contributed by atoms with E-state index < -0.39 is 0 Å². The van der Waals surface area contributed by atoms with Gasteiger partial charge in [-0.05, 0) is 48.8 Å². The van der Waals surface area contributed by atoms with E-state index in [4.69, 9.17) is 0 Å². The summed E-state index contributed by atoms with van der Waals surface area (Å²) in [6.07, 6.45) is 5.55. The molecule has 0 radical (unpaired) electrons. The Labute approximate surface area is 128 Å². The Hall–Kier alpha value is -1.51. The van der Waals surface area contributed by atoms with Crippen LogP contribution in [0.15, 0.2) is 24.3 Å². The van der Waals surface area contributed by atoms with Gasteiger partial charge >= 0.3 is 0 Å². The minimum absolute atomic E-state index is 0.144. The maximum atomic E-state index is 11.7. The largest absolute Gasteiger partial charge is 0.382 e. The lowest BCUT2D eigenvalue weighted by molar-refractivity contribution is -0.127. The fraction of sp³-hybridized carbons (Fsp3) is 0.611. The van der Waals surface area contributed by atoms with Crippen LogP contribution in [0.25, 0.3) is 0 Å². The highest BCUT2D eigenvalue weighted by molar-refractivity contribution is 5.78. The summed E-state index contributed by atoms with van der Waals surface area (Å²) in [5.74, 6) is 0.144. The standard InChI is InChI=1S/C18H28N2O/c1-18(2)11-9-16(10-12-18)19-15-7-5-14(6-8-15)13-17(21)20(3)4/h5-8,16,19H,9-13H2,1-4H3. The first kappa shape index (κ1) is 15.9. The number of amides is 1. The first-order valence-electron chi connectivity index (χ1n) is 7.91. The van der Waals surface area contributed by atoms with Gasteiger partial charge in [-0.3, -0.25) is 4.79 Å². The molecular formula is C18H28N2O. The average Bonchev–Trinajstić information content (AvgIpc) is 2.43. The molecule has 3 nitrogen and oxygen atoms in total. The van der Waals surface area contributed by atoms with Crippen LogP contribution in [0.1, 0.15) is 45.1 Å². The third kappa shape index (κ3) is 4.76. The molecule has 1 saturated carbocycles. The molecule has 1 aromatic rings. The van der Waals surface area contributed by atoms with E-state index in [9.17, 15) is 4.79 Å². The third-order valence-corrected chi connectivity index (χ3v) is 4.52. The quantitative estimate of drug-likeness (QED) is 0.916. The second-order valence-electron chi connectivity index (χ2n) is 7.24. The summed E-state index contributed by atoms with van der Waals surface area (Å²) in [7, 11) is 3.59. The zero-order valence-corrected chi connectivity index (χ0v) is 13.8. The molecule has 0 bridgehead atoms. The van der Waals surface area contributed by atoms with Gasteiger partial charge in [-0.2, -0.15) is 0 Å². The molecule has 0 spiro atoms. The number of rotatable bonds is 4. The number of likely N-dealkylation sites (N-methyl/N-ethyl adjacent to an activating group) is 1. The lowest BCUT2D eigenvalue weighted by atomic mass is 9.75. The molecule has 3 heteroatoms. The molecule has 0 aromatic heterocycles. The van der Waals surface area contributed by atoms with Crippen LogP contribution in [-0.2, 0) is 11.2 Å². The van der Waals surface area contributed by atoms with E-state index in [1.807, 2.05) is 0 Å². The van der Waals surface area contributed by atoms with E-state index in [0.29, 0.717) is 17.9 Å². The lowest BCUT2D eigenvalue weighted by Gasteiger charge is -2.35. The summed E-state index contributed by atoms with van der Waals surface area (Å²) in [6, 6.07) is 8.88. The summed E-state index contributed by atoms with van der Waals surface area (Å²) >= 11 is 0. The van der Waals surface area contributed by atoms with Crippen LogP contribution in [0.4, 0.5) is 5.69 Å². The van der Waals surface area contributed by atoms with E-state index >= 15 is 0 Å². The van der Waals surface area contributed by atoms with Gasteiger partial charge in [-0.25, -0.2) is 0 Å². The Bertz CT molecular complexity index is 466. The summed E-state index contributed by atoms with van der Waals surface area (Å²) in [4.78, 5) is 13.3. The molecule has 2 rings (SSSR count). The van der Waals surface area contributed by atoms with Crippen molar-refractivity contribution in [3.05, 3.63) is 29.8 Å². The normalized spacial score (nSPS) is 18.3. The first-order valence-corrected chi connectivity index (χ1v) is 7.91. The number of carbonyl (C=O) groups is 1. The zero-order chi connectivity index (χ0) is 15.5. The summed E-state index contributed by atoms with van der Waals surface area (Å²) < 4.78 is 0. The SMILES string of the molecule is CN(C)C(=O)Cc1ccc(NC2CCC(C)(C)CC2)cc1. The summed E-state index contributed by atoms with van der Waals surface area (Å²) in [5, 5.41) is 3.63. The van der Waals surface area contributed by atoms with Crippen molar-refractivity contribution in [2.24, 2.45) is 5.41 Å². The van der Waals surface area contributed by atoms with Crippen LogP contribution in [0.3, 0.4) is 0 Å². The van der Waals surface area contributed by atoms with E-state index in [2.05, 4.69) is 43.4 Å². The predicted octanol–water partition coefficient (Wildman–Crippen LogP) is 3.70. The Morgan fingerprint density at radius 3 is 2.29 bits per heavy atom. The van der Waals surface area contributed by atoms with Crippen LogP contribution < -0.4 is 5.32 Å². The summed E-state index contributed by atoms with van der Waals surface area (Å²) in [5.41, 5.74) is 2.75. The van der Waals surface area contributed by atoms with Crippen LogP contribution in [0, 0.1) is 5.41 Å². The van der Waals surface area contributed by atoms with Gasteiger partial charge < -0.3 is 10.2 Å². The van der Waals surface area contributed by atoms with Crippen molar-refractivity contribution in [3.8, 4) is 0 Å². The van der Waals surface area contributed by atoms with Crippen LogP contribution in [-0.4, -0.2) is 30.9 Å². The molecule has 21 heavy (non-hydrogen) atoms. The maximum absolute atomic E-state index is 11.7. The highest BCUT2D eigenvalue weighted by Gasteiger charge is 2.26. The van der Waals surface area contributed by atoms with E-state index in [1.165, 1.54) is 31.4 Å². The van der Waals surface area contributed by atoms with Crippen molar-refractivity contribution < 1.29 is 4.79 Å². The predicted molar refractivity (Wildman–Crippen MR) is 88.5 cm³/mol. The van der Waals surface area contributed by atoms with Crippen molar-refractivity contribution in [3.63, 3.8) is 0 Å². The van der Waals surface area contributed by atoms with Gasteiger partial charge in [0.05, 0.1) is 6.42 Å². The smallest absolute Gasteiger partial charge is 0.226 e. The fourth-order valence-corrected chi connectivity index (χ4v) is 2.83. The molecule has 0 saturated heterocycles. The number of hydrogen-bond acceptors (Lipinski definition) is 2. The number of nitrogens with one attached hydrogen (secondary N) is 1. The van der Waals surface area contributed by atoms with Crippen molar-refractivity contribution in [1.29, 1.82) is 0 Å². The van der Waals surface area contributed by atoms with E-state index in [0.717, 1.165) is 5.56 Å². The number of benzene rings is 1. The molecule has 116 valence electrons. The minimum Gasteiger partial charge on any atom is -0.382 e. The molecule has 1 amide bonds. The van der Waals surface area contributed by atoms with Gasteiger partial charge in [0.15, 0.2) is 0 Å². The number of nitrogens with zero attached hydrogens (tertiary/aromatic N) is 1. The van der Waals surface area contributed by atoms with Crippen LogP contribution in [0.5, 0.6) is 0 Å². The van der Waals surface area contributed by atoms with E-state index in [-0.39, 0.29) is 5.91 Å². The lowest BCUT2D eigenvalue weighted by Crippen LogP contribution is -2.29. The Balaban J connectivity index is 1.87. The molecular weight excluding hydrogens is 260 g/mol. The van der Waals surface area contributed by atoms with Gasteiger partial charge in [0.25, 0.3) is 0 Å². The van der Waals surface area contributed by atoms with Gasteiger partial charge in [0, 0.05) is 25.8 Å². The molecule has 1 aromatic carbocycles. The Morgan fingerprint density at radius 2 is 1.76 bits per heavy atom. The van der Waals surface area contributed by atoms with Crippen LogP contribution in [0.2, 0.25) is 0 Å². The maximum Gasteiger partial charge on any atom is 0.226 e. The molecule has 1 aliphatic rings. The Morgan fingerprint density at radius 1 is 1.19 bits per heavy atom. The molecule has 1 fully saturated rings. The van der Waals surface area contributed by atoms with Crippen molar-refractivity contribution in [2.45, 2.75) is 52.0 Å². The number of anilines is 1. The highest BCUT2D eigenvalue weighted by atomic mass is 16.2. The number of carbonyl (C=O) groups excluding carboxylic acids is 1. The van der Waals surface area contributed by atoms with E-state index in [1.54, 1.807) is 19.0 Å². The van der Waals surface area contributed by atoms with Gasteiger partial charge in [-0.15, -0.1) is 0 Å². The molecule has 0 heterocycles. The molecule has 0 atom stereocenters.